The minimum Gasteiger partial charge on any atom is -0.327 e. The summed E-state index contributed by atoms with van der Waals surface area (Å²) in [5.74, 6) is 1.17. The van der Waals surface area contributed by atoms with Crippen LogP contribution in [0, 0.1) is 17.3 Å². The van der Waals surface area contributed by atoms with E-state index in [1.165, 1.54) is 0 Å². The van der Waals surface area contributed by atoms with E-state index in [4.69, 9.17) is 5.73 Å². The number of hydrogen-bond acceptors (Lipinski definition) is 1. The smallest absolute Gasteiger partial charge is 0.00927 e. The Balaban J connectivity index is 4.13. The largest absolute Gasteiger partial charge is 0.327 e. The molecule has 0 rings (SSSR count). The van der Waals surface area contributed by atoms with Crippen LogP contribution in [-0.4, -0.2) is 6.04 Å². The van der Waals surface area contributed by atoms with Gasteiger partial charge in [0.05, 0.1) is 0 Å². The quantitative estimate of drug-likeness (QED) is 0.655. The maximum atomic E-state index is 6.05. The minimum absolute atomic E-state index is 0.329. The molecule has 1 nitrogen and oxygen atoms in total. The van der Waals surface area contributed by atoms with Gasteiger partial charge in [0.25, 0.3) is 0 Å². The van der Waals surface area contributed by atoms with Gasteiger partial charge in [0.1, 0.15) is 0 Å². The van der Waals surface area contributed by atoms with Gasteiger partial charge in [-0.15, -0.1) is 0 Å². The van der Waals surface area contributed by atoms with E-state index in [2.05, 4.69) is 41.5 Å². The highest BCUT2D eigenvalue weighted by Gasteiger charge is 2.27. The molecule has 0 aromatic rings. The monoisotopic (exact) mass is 157 g/mol. The number of rotatable bonds is 2. The Morgan fingerprint density at radius 1 is 1.00 bits per heavy atom. The lowest BCUT2D eigenvalue weighted by Gasteiger charge is -2.34. The molecule has 0 amide bonds. The van der Waals surface area contributed by atoms with Gasteiger partial charge in [0, 0.05) is 6.04 Å². The zero-order chi connectivity index (χ0) is 9.23. The fourth-order valence-electron chi connectivity index (χ4n) is 1.15. The minimum atomic E-state index is 0.329. The molecular formula is C10H23N. The molecule has 1 heteroatoms. The van der Waals surface area contributed by atoms with Crippen molar-refractivity contribution in [3.05, 3.63) is 0 Å². The third-order valence-corrected chi connectivity index (χ3v) is 2.71. The lowest BCUT2D eigenvalue weighted by molar-refractivity contribution is 0.192. The van der Waals surface area contributed by atoms with Crippen molar-refractivity contribution < 1.29 is 0 Å². The molecule has 0 aliphatic heterocycles. The summed E-state index contributed by atoms with van der Waals surface area (Å²) in [5, 5.41) is 0. The molecule has 11 heavy (non-hydrogen) atoms. The topological polar surface area (TPSA) is 26.0 Å². The van der Waals surface area contributed by atoms with Crippen LogP contribution in [0.4, 0.5) is 0 Å². The van der Waals surface area contributed by atoms with Crippen LogP contribution in [-0.2, 0) is 0 Å². The predicted molar refractivity (Wildman–Crippen MR) is 51.4 cm³/mol. The average molecular weight is 157 g/mol. The van der Waals surface area contributed by atoms with E-state index < -0.39 is 0 Å². The average Bonchev–Trinajstić information content (AvgIpc) is 1.82. The Bertz CT molecular complexity index is 111. The summed E-state index contributed by atoms with van der Waals surface area (Å²) in [6.45, 7) is 13.4. The van der Waals surface area contributed by atoms with E-state index in [0.29, 0.717) is 23.3 Å². The van der Waals surface area contributed by atoms with Gasteiger partial charge in [-0.2, -0.15) is 0 Å². The van der Waals surface area contributed by atoms with E-state index in [-0.39, 0.29) is 0 Å². The van der Waals surface area contributed by atoms with Gasteiger partial charge in [0.2, 0.25) is 0 Å². The van der Waals surface area contributed by atoms with E-state index in [9.17, 15) is 0 Å². The number of hydrogen-bond donors (Lipinski definition) is 1. The molecule has 0 saturated carbocycles. The fraction of sp³-hybridized carbons (Fsp3) is 1.00. The Morgan fingerprint density at radius 2 is 1.36 bits per heavy atom. The summed E-state index contributed by atoms with van der Waals surface area (Å²) < 4.78 is 0. The molecule has 0 aromatic heterocycles. The number of nitrogens with two attached hydrogens (primary N) is 1. The van der Waals surface area contributed by atoms with E-state index >= 15 is 0 Å². The van der Waals surface area contributed by atoms with Crippen molar-refractivity contribution in [3.8, 4) is 0 Å². The second-order valence-corrected chi connectivity index (χ2v) is 4.98. The van der Waals surface area contributed by atoms with Crippen molar-refractivity contribution in [2.24, 2.45) is 23.0 Å². The molecule has 2 N–H and O–H groups in total. The molecule has 68 valence electrons. The molecule has 0 bridgehead atoms. The van der Waals surface area contributed by atoms with Crippen LogP contribution in [0.2, 0.25) is 0 Å². The molecule has 0 saturated heterocycles. The summed E-state index contributed by atoms with van der Waals surface area (Å²) in [4.78, 5) is 0. The molecular weight excluding hydrogens is 134 g/mol. The van der Waals surface area contributed by atoms with Gasteiger partial charge in [-0.3, -0.25) is 0 Å². The van der Waals surface area contributed by atoms with Gasteiger partial charge in [-0.1, -0.05) is 41.5 Å². The van der Waals surface area contributed by atoms with Crippen molar-refractivity contribution in [1.29, 1.82) is 0 Å². The summed E-state index contributed by atoms with van der Waals surface area (Å²) >= 11 is 0. The maximum absolute atomic E-state index is 6.05. The Labute approximate surface area is 71.4 Å². The first kappa shape index (κ1) is 11.0. The fourth-order valence-corrected chi connectivity index (χ4v) is 1.15. The first-order valence-electron chi connectivity index (χ1n) is 4.52. The standard InChI is InChI=1S/C10H23N/c1-7(2)9(11)8(3)10(4,5)6/h7-9H,11H2,1-6H3. The van der Waals surface area contributed by atoms with Crippen molar-refractivity contribution in [2.75, 3.05) is 0 Å². The summed E-state index contributed by atoms with van der Waals surface area (Å²) in [5.41, 5.74) is 6.38. The molecule has 2 atom stereocenters. The van der Waals surface area contributed by atoms with Gasteiger partial charge in [0.15, 0.2) is 0 Å². The van der Waals surface area contributed by atoms with Crippen molar-refractivity contribution in [2.45, 2.75) is 47.6 Å². The second-order valence-electron chi connectivity index (χ2n) is 4.98. The lowest BCUT2D eigenvalue weighted by atomic mass is 9.75. The molecule has 0 aliphatic carbocycles. The molecule has 0 radical (unpaired) electrons. The van der Waals surface area contributed by atoms with Crippen LogP contribution in [0.15, 0.2) is 0 Å². The van der Waals surface area contributed by atoms with Crippen molar-refractivity contribution >= 4 is 0 Å². The SMILES string of the molecule is CC(C)C(N)C(C)C(C)(C)C. The summed E-state index contributed by atoms with van der Waals surface area (Å²) in [6, 6.07) is 0.329. The van der Waals surface area contributed by atoms with E-state index in [1.807, 2.05) is 0 Å². The zero-order valence-electron chi connectivity index (χ0n) is 8.81. The van der Waals surface area contributed by atoms with Gasteiger partial charge < -0.3 is 5.73 Å². The molecule has 2 unspecified atom stereocenters. The van der Waals surface area contributed by atoms with Crippen LogP contribution < -0.4 is 5.73 Å². The van der Waals surface area contributed by atoms with Crippen LogP contribution in [0.3, 0.4) is 0 Å². The lowest BCUT2D eigenvalue weighted by Crippen LogP contribution is -2.40. The van der Waals surface area contributed by atoms with Gasteiger partial charge >= 0.3 is 0 Å². The molecule has 0 aromatic carbocycles. The Morgan fingerprint density at radius 3 is 1.45 bits per heavy atom. The normalized spacial score (nSPS) is 18.5. The predicted octanol–water partition coefficient (Wildman–Crippen LogP) is 2.65. The van der Waals surface area contributed by atoms with Crippen molar-refractivity contribution in [3.63, 3.8) is 0 Å². The molecule has 0 fully saturated rings. The van der Waals surface area contributed by atoms with Crippen LogP contribution in [0.1, 0.15) is 41.5 Å². The first-order chi connectivity index (χ1) is 4.76. The van der Waals surface area contributed by atoms with E-state index in [0.717, 1.165) is 0 Å². The third kappa shape index (κ3) is 3.24. The third-order valence-electron chi connectivity index (χ3n) is 2.71. The maximum Gasteiger partial charge on any atom is 0.00927 e. The summed E-state index contributed by atoms with van der Waals surface area (Å²) in [6.07, 6.45) is 0. The first-order valence-corrected chi connectivity index (χ1v) is 4.52. The van der Waals surface area contributed by atoms with Gasteiger partial charge in [-0.05, 0) is 17.3 Å². The Kier molecular flexibility index (Phi) is 3.56. The van der Waals surface area contributed by atoms with Crippen LogP contribution >= 0.6 is 0 Å². The van der Waals surface area contributed by atoms with Crippen molar-refractivity contribution in [1.82, 2.24) is 0 Å². The highest BCUT2D eigenvalue weighted by atomic mass is 14.7. The van der Waals surface area contributed by atoms with Gasteiger partial charge in [-0.25, -0.2) is 0 Å². The molecule has 0 aliphatic rings. The highest BCUT2D eigenvalue weighted by Crippen LogP contribution is 2.29. The molecule has 0 heterocycles. The molecule has 0 spiro atoms. The van der Waals surface area contributed by atoms with Crippen LogP contribution in [0.25, 0.3) is 0 Å². The summed E-state index contributed by atoms with van der Waals surface area (Å²) in [7, 11) is 0. The Hall–Kier alpha value is -0.0400. The second kappa shape index (κ2) is 3.57. The van der Waals surface area contributed by atoms with Crippen LogP contribution in [0.5, 0.6) is 0 Å². The highest BCUT2D eigenvalue weighted by molar-refractivity contribution is 4.81. The zero-order valence-corrected chi connectivity index (χ0v) is 8.81. The van der Waals surface area contributed by atoms with E-state index in [1.54, 1.807) is 0 Å².